The summed E-state index contributed by atoms with van der Waals surface area (Å²) in [5.74, 6) is 0. The Balaban J connectivity index is 2.28. The summed E-state index contributed by atoms with van der Waals surface area (Å²) in [6.07, 6.45) is 1.56. The van der Waals surface area contributed by atoms with Crippen molar-refractivity contribution in [2.45, 2.75) is 6.54 Å². The van der Waals surface area contributed by atoms with Crippen molar-refractivity contribution >= 4 is 0 Å². The lowest BCUT2D eigenvalue weighted by atomic mass is 10.1. The highest BCUT2D eigenvalue weighted by molar-refractivity contribution is 5.57. The Bertz CT molecular complexity index is 535. The SMILES string of the molecule is COCCn1cnc(-c2ccccc2)cc1=O. The molecule has 17 heavy (non-hydrogen) atoms. The number of nitrogens with zero attached hydrogens (tertiary/aromatic N) is 2. The molecule has 0 atom stereocenters. The average Bonchev–Trinajstić information content (AvgIpc) is 2.38. The molecule has 1 aromatic heterocycles. The molecule has 0 radical (unpaired) electrons. The quantitative estimate of drug-likeness (QED) is 0.800. The zero-order valence-corrected chi connectivity index (χ0v) is 9.67. The molecular weight excluding hydrogens is 216 g/mol. The van der Waals surface area contributed by atoms with E-state index in [9.17, 15) is 4.79 Å². The molecule has 0 fully saturated rings. The number of rotatable bonds is 4. The second-order valence-electron chi connectivity index (χ2n) is 3.66. The van der Waals surface area contributed by atoms with Gasteiger partial charge in [-0.15, -0.1) is 0 Å². The Hall–Kier alpha value is -1.94. The maximum absolute atomic E-state index is 11.8. The largest absolute Gasteiger partial charge is 0.383 e. The van der Waals surface area contributed by atoms with Gasteiger partial charge in [-0.25, -0.2) is 4.98 Å². The number of ether oxygens (including phenoxy) is 1. The molecule has 2 aromatic rings. The maximum atomic E-state index is 11.8. The Morgan fingerprint density at radius 3 is 2.71 bits per heavy atom. The fourth-order valence-electron chi connectivity index (χ4n) is 1.55. The summed E-state index contributed by atoms with van der Waals surface area (Å²) < 4.78 is 6.47. The van der Waals surface area contributed by atoms with Crippen LogP contribution < -0.4 is 5.56 Å². The van der Waals surface area contributed by atoms with Crippen LogP contribution in [0, 0.1) is 0 Å². The minimum Gasteiger partial charge on any atom is -0.383 e. The molecule has 2 rings (SSSR count). The van der Waals surface area contributed by atoms with Gasteiger partial charge in [0.1, 0.15) is 0 Å². The van der Waals surface area contributed by atoms with Crippen LogP contribution in [-0.2, 0) is 11.3 Å². The van der Waals surface area contributed by atoms with E-state index < -0.39 is 0 Å². The summed E-state index contributed by atoms with van der Waals surface area (Å²) in [6, 6.07) is 11.2. The Kier molecular flexibility index (Phi) is 3.67. The zero-order valence-electron chi connectivity index (χ0n) is 9.67. The lowest BCUT2D eigenvalue weighted by Crippen LogP contribution is -2.21. The molecule has 0 aliphatic heterocycles. The van der Waals surface area contributed by atoms with E-state index in [1.807, 2.05) is 30.3 Å². The number of hydrogen-bond donors (Lipinski definition) is 0. The van der Waals surface area contributed by atoms with Crippen molar-refractivity contribution < 1.29 is 4.74 Å². The molecule has 0 saturated heterocycles. The van der Waals surface area contributed by atoms with Gasteiger partial charge in [0.15, 0.2) is 0 Å². The standard InChI is InChI=1S/C13H14N2O2/c1-17-8-7-15-10-14-12(9-13(15)16)11-5-3-2-4-6-11/h2-6,9-10H,7-8H2,1H3. The molecule has 4 nitrogen and oxygen atoms in total. The van der Waals surface area contributed by atoms with Crippen molar-refractivity contribution in [3.63, 3.8) is 0 Å². The summed E-state index contributed by atoms with van der Waals surface area (Å²) in [7, 11) is 1.61. The molecule has 0 saturated carbocycles. The van der Waals surface area contributed by atoms with Crippen molar-refractivity contribution in [2.75, 3.05) is 13.7 Å². The van der Waals surface area contributed by atoms with Crippen LogP contribution in [0.2, 0.25) is 0 Å². The van der Waals surface area contributed by atoms with E-state index in [0.29, 0.717) is 18.8 Å². The van der Waals surface area contributed by atoms with Gasteiger partial charge in [-0.2, -0.15) is 0 Å². The lowest BCUT2D eigenvalue weighted by Gasteiger charge is -2.05. The summed E-state index contributed by atoms with van der Waals surface area (Å²) in [5, 5.41) is 0. The molecule has 0 bridgehead atoms. The minimum atomic E-state index is -0.0593. The summed E-state index contributed by atoms with van der Waals surface area (Å²) in [6.45, 7) is 1.03. The summed E-state index contributed by atoms with van der Waals surface area (Å²) in [4.78, 5) is 16.1. The van der Waals surface area contributed by atoms with E-state index in [1.54, 1.807) is 19.5 Å². The van der Waals surface area contributed by atoms with Crippen molar-refractivity contribution in [2.24, 2.45) is 0 Å². The van der Waals surface area contributed by atoms with E-state index in [1.165, 1.54) is 4.57 Å². The highest BCUT2D eigenvalue weighted by Crippen LogP contribution is 2.13. The van der Waals surface area contributed by atoms with Gasteiger partial charge >= 0.3 is 0 Å². The van der Waals surface area contributed by atoms with Crippen LogP contribution >= 0.6 is 0 Å². The van der Waals surface area contributed by atoms with Gasteiger partial charge in [0, 0.05) is 18.7 Å². The van der Waals surface area contributed by atoms with Crippen LogP contribution in [0.15, 0.2) is 47.5 Å². The molecule has 0 aliphatic carbocycles. The smallest absolute Gasteiger partial charge is 0.253 e. The van der Waals surface area contributed by atoms with Crippen LogP contribution in [0.5, 0.6) is 0 Å². The second-order valence-corrected chi connectivity index (χ2v) is 3.66. The van der Waals surface area contributed by atoms with Crippen LogP contribution in [0.3, 0.4) is 0 Å². The van der Waals surface area contributed by atoms with Gasteiger partial charge in [0.05, 0.1) is 25.2 Å². The average molecular weight is 230 g/mol. The first kappa shape index (κ1) is 11.5. The minimum absolute atomic E-state index is 0.0593. The Morgan fingerprint density at radius 1 is 1.29 bits per heavy atom. The Labute approximate surface area is 99.5 Å². The summed E-state index contributed by atoms with van der Waals surface area (Å²) in [5.41, 5.74) is 1.59. The van der Waals surface area contributed by atoms with Crippen molar-refractivity contribution in [3.05, 3.63) is 53.1 Å². The normalized spacial score (nSPS) is 10.4. The summed E-state index contributed by atoms with van der Waals surface area (Å²) >= 11 is 0. The maximum Gasteiger partial charge on any atom is 0.253 e. The van der Waals surface area contributed by atoms with E-state index >= 15 is 0 Å². The predicted octanol–water partition coefficient (Wildman–Crippen LogP) is 1.56. The molecule has 0 amide bonds. The van der Waals surface area contributed by atoms with Crippen LogP contribution in [0.4, 0.5) is 0 Å². The van der Waals surface area contributed by atoms with E-state index in [4.69, 9.17) is 4.74 Å². The molecule has 4 heteroatoms. The van der Waals surface area contributed by atoms with Crippen molar-refractivity contribution in [3.8, 4) is 11.3 Å². The molecule has 1 heterocycles. The topological polar surface area (TPSA) is 44.1 Å². The van der Waals surface area contributed by atoms with Gasteiger partial charge in [0.25, 0.3) is 5.56 Å². The van der Waals surface area contributed by atoms with Crippen molar-refractivity contribution in [1.29, 1.82) is 0 Å². The third-order valence-corrected chi connectivity index (χ3v) is 2.49. The van der Waals surface area contributed by atoms with Crippen LogP contribution in [-0.4, -0.2) is 23.3 Å². The Morgan fingerprint density at radius 2 is 2.06 bits per heavy atom. The highest BCUT2D eigenvalue weighted by atomic mass is 16.5. The van der Waals surface area contributed by atoms with Crippen LogP contribution in [0.25, 0.3) is 11.3 Å². The first-order valence-corrected chi connectivity index (χ1v) is 5.42. The molecule has 0 spiro atoms. The van der Waals surface area contributed by atoms with Gasteiger partial charge < -0.3 is 4.74 Å². The molecule has 0 N–H and O–H groups in total. The lowest BCUT2D eigenvalue weighted by molar-refractivity contribution is 0.186. The fourth-order valence-corrected chi connectivity index (χ4v) is 1.55. The monoisotopic (exact) mass is 230 g/mol. The van der Waals surface area contributed by atoms with Gasteiger partial charge in [-0.1, -0.05) is 30.3 Å². The molecule has 0 unspecified atom stereocenters. The third-order valence-electron chi connectivity index (χ3n) is 2.49. The predicted molar refractivity (Wildman–Crippen MR) is 65.8 cm³/mol. The molecule has 0 aliphatic rings. The molecular formula is C13H14N2O2. The van der Waals surface area contributed by atoms with Crippen molar-refractivity contribution in [1.82, 2.24) is 9.55 Å². The molecule has 1 aromatic carbocycles. The third kappa shape index (κ3) is 2.79. The first-order chi connectivity index (χ1) is 8.31. The highest BCUT2D eigenvalue weighted by Gasteiger charge is 2.01. The first-order valence-electron chi connectivity index (χ1n) is 5.42. The number of hydrogen-bond acceptors (Lipinski definition) is 3. The van der Waals surface area contributed by atoms with Gasteiger partial charge in [-0.3, -0.25) is 9.36 Å². The van der Waals surface area contributed by atoms with Gasteiger partial charge in [-0.05, 0) is 0 Å². The fraction of sp³-hybridized carbons (Fsp3) is 0.231. The van der Waals surface area contributed by atoms with E-state index in [2.05, 4.69) is 4.98 Å². The molecule has 88 valence electrons. The van der Waals surface area contributed by atoms with Gasteiger partial charge in [0.2, 0.25) is 0 Å². The number of benzene rings is 1. The zero-order chi connectivity index (χ0) is 12.1. The number of aromatic nitrogens is 2. The second kappa shape index (κ2) is 5.41. The van der Waals surface area contributed by atoms with E-state index in [0.717, 1.165) is 5.56 Å². The van der Waals surface area contributed by atoms with E-state index in [-0.39, 0.29) is 5.56 Å². The number of methoxy groups -OCH3 is 1. The van der Waals surface area contributed by atoms with Crippen LogP contribution in [0.1, 0.15) is 0 Å².